The Morgan fingerprint density at radius 3 is 2.62 bits per heavy atom. The number of aliphatic hydroxyl groups is 1. The number of hydrogen-bond acceptors (Lipinski definition) is 2. The summed E-state index contributed by atoms with van der Waals surface area (Å²) in [6.07, 6.45) is 0.262. The van der Waals surface area contributed by atoms with Gasteiger partial charge in [-0.25, -0.2) is 4.39 Å². The van der Waals surface area contributed by atoms with E-state index in [1.54, 1.807) is 0 Å². The van der Waals surface area contributed by atoms with Crippen molar-refractivity contribution in [3.8, 4) is 0 Å². The first-order valence-electron chi connectivity index (χ1n) is 5.25. The van der Waals surface area contributed by atoms with Crippen LogP contribution in [0.1, 0.15) is 19.4 Å². The summed E-state index contributed by atoms with van der Waals surface area (Å²) in [4.78, 5) is 0. The van der Waals surface area contributed by atoms with E-state index in [9.17, 15) is 9.50 Å². The molecule has 0 bridgehead atoms. The van der Waals surface area contributed by atoms with Crippen molar-refractivity contribution in [2.45, 2.75) is 25.9 Å². The van der Waals surface area contributed by atoms with Crippen LogP contribution in [0.3, 0.4) is 0 Å². The summed E-state index contributed by atoms with van der Waals surface area (Å²) < 4.78 is 13.1. The van der Waals surface area contributed by atoms with Crippen LogP contribution in [0.25, 0.3) is 0 Å². The van der Waals surface area contributed by atoms with E-state index < -0.39 is 5.60 Å². The van der Waals surface area contributed by atoms with Gasteiger partial charge in [-0.15, -0.1) is 0 Å². The Bertz CT molecular complexity index is 370. The minimum absolute atomic E-state index is 0.0168. The Morgan fingerprint density at radius 1 is 1.50 bits per heavy atom. The fourth-order valence-corrected chi connectivity index (χ4v) is 1.70. The van der Waals surface area contributed by atoms with Crippen molar-refractivity contribution in [2.24, 2.45) is 11.7 Å². The van der Waals surface area contributed by atoms with E-state index in [-0.39, 0.29) is 24.7 Å². The highest BCUT2D eigenvalue weighted by molar-refractivity contribution is 6.31. The van der Waals surface area contributed by atoms with Gasteiger partial charge in [0.25, 0.3) is 0 Å². The smallest absolute Gasteiger partial charge is 0.123 e. The average Bonchev–Trinajstić information content (AvgIpc) is 2.23. The van der Waals surface area contributed by atoms with Crippen LogP contribution in [0.5, 0.6) is 0 Å². The maximum Gasteiger partial charge on any atom is 0.123 e. The van der Waals surface area contributed by atoms with Gasteiger partial charge in [0.05, 0.1) is 5.60 Å². The van der Waals surface area contributed by atoms with Gasteiger partial charge in [-0.05, 0) is 29.7 Å². The third-order valence-corrected chi connectivity index (χ3v) is 3.30. The molecule has 1 aromatic rings. The number of halogens is 2. The van der Waals surface area contributed by atoms with Crippen molar-refractivity contribution >= 4 is 11.6 Å². The molecule has 0 saturated carbocycles. The zero-order chi connectivity index (χ0) is 12.3. The third kappa shape index (κ3) is 2.94. The van der Waals surface area contributed by atoms with Crippen LogP contribution in [-0.4, -0.2) is 17.3 Å². The summed E-state index contributed by atoms with van der Waals surface area (Å²) in [5, 5.41) is 10.7. The summed E-state index contributed by atoms with van der Waals surface area (Å²) in [6.45, 7) is 3.87. The van der Waals surface area contributed by atoms with E-state index in [4.69, 9.17) is 17.3 Å². The maximum atomic E-state index is 13.1. The fourth-order valence-electron chi connectivity index (χ4n) is 1.52. The van der Waals surface area contributed by atoms with Crippen LogP contribution in [0.4, 0.5) is 4.39 Å². The SMILES string of the molecule is CC(C)C(O)(CN)Cc1cc(F)ccc1Cl. The van der Waals surface area contributed by atoms with Crippen LogP contribution in [-0.2, 0) is 6.42 Å². The van der Waals surface area contributed by atoms with E-state index in [0.29, 0.717) is 10.6 Å². The summed E-state index contributed by atoms with van der Waals surface area (Å²) in [7, 11) is 0. The molecule has 0 fully saturated rings. The molecule has 0 spiro atoms. The minimum atomic E-state index is -1.04. The second-order valence-electron chi connectivity index (χ2n) is 4.37. The van der Waals surface area contributed by atoms with E-state index in [1.165, 1.54) is 18.2 Å². The highest BCUT2D eigenvalue weighted by atomic mass is 35.5. The largest absolute Gasteiger partial charge is 0.388 e. The maximum absolute atomic E-state index is 13.1. The fraction of sp³-hybridized carbons (Fsp3) is 0.500. The Hall–Kier alpha value is -0.640. The Balaban J connectivity index is 2.98. The summed E-state index contributed by atoms with van der Waals surface area (Å²) in [5.41, 5.74) is 5.10. The zero-order valence-corrected chi connectivity index (χ0v) is 10.3. The first-order valence-corrected chi connectivity index (χ1v) is 5.63. The van der Waals surface area contributed by atoms with Crippen LogP contribution in [0, 0.1) is 11.7 Å². The average molecular weight is 246 g/mol. The second-order valence-corrected chi connectivity index (χ2v) is 4.78. The van der Waals surface area contributed by atoms with Crippen molar-refractivity contribution < 1.29 is 9.50 Å². The van der Waals surface area contributed by atoms with Crippen LogP contribution in [0.2, 0.25) is 5.02 Å². The molecule has 0 aliphatic heterocycles. The Kier molecular flexibility index (Phi) is 4.30. The van der Waals surface area contributed by atoms with Gasteiger partial charge in [-0.3, -0.25) is 0 Å². The van der Waals surface area contributed by atoms with Crippen molar-refractivity contribution in [1.82, 2.24) is 0 Å². The van der Waals surface area contributed by atoms with E-state index in [0.717, 1.165) is 0 Å². The molecule has 1 unspecified atom stereocenters. The van der Waals surface area contributed by atoms with Gasteiger partial charge in [0, 0.05) is 18.0 Å². The predicted octanol–water partition coefficient (Wildman–Crippen LogP) is 2.37. The summed E-state index contributed by atoms with van der Waals surface area (Å²) >= 11 is 5.95. The number of rotatable bonds is 4. The van der Waals surface area contributed by atoms with Gasteiger partial charge in [0.15, 0.2) is 0 Å². The topological polar surface area (TPSA) is 46.2 Å². The monoisotopic (exact) mass is 245 g/mol. The highest BCUT2D eigenvalue weighted by Crippen LogP contribution is 2.26. The van der Waals surface area contributed by atoms with Gasteiger partial charge in [-0.1, -0.05) is 25.4 Å². The van der Waals surface area contributed by atoms with E-state index >= 15 is 0 Å². The van der Waals surface area contributed by atoms with Gasteiger partial charge in [-0.2, -0.15) is 0 Å². The molecule has 90 valence electrons. The minimum Gasteiger partial charge on any atom is -0.388 e. The molecule has 16 heavy (non-hydrogen) atoms. The molecule has 0 aliphatic rings. The highest BCUT2D eigenvalue weighted by Gasteiger charge is 2.30. The lowest BCUT2D eigenvalue weighted by Crippen LogP contribution is -2.44. The van der Waals surface area contributed by atoms with E-state index in [2.05, 4.69) is 0 Å². The van der Waals surface area contributed by atoms with Gasteiger partial charge in [0.2, 0.25) is 0 Å². The first-order chi connectivity index (χ1) is 7.39. The molecule has 0 aliphatic carbocycles. The number of nitrogens with two attached hydrogens (primary N) is 1. The lowest BCUT2D eigenvalue weighted by Gasteiger charge is -2.31. The lowest BCUT2D eigenvalue weighted by molar-refractivity contribution is 0.00405. The van der Waals surface area contributed by atoms with Crippen LogP contribution >= 0.6 is 11.6 Å². The molecule has 0 aromatic heterocycles. The molecular weight excluding hydrogens is 229 g/mol. The van der Waals surface area contributed by atoms with Crippen molar-refractivity contribution in [1.29, 1.82) is 0 Å². The summed E-state index contributed by atoms with van der Waals surface area (Å²) in [5.74, 6) is -0.376. The molecular formula is C12H17ClFNO. The molecule has 2 nitrogen and oxygen atoms in total. The van der Waals surface area contributed by atoms with Crippen LogP contribution < -0.4 is 5.73 Å². The van der Waals surface area contributed by atoms with Gasteiger partial charge >= 0.3 is 0 Å². The van der Waals surface area contributed by atoms with E-state index in [1.807, 2.05) is 13.8 Å². The number of benzene rings is 1. The third-order valence-electron chi connectivity index (χ3n) is 2.93. The molecule has 4 heteroatoms. The Labute approximate surface area is 100 Å². The molecule has 3 N–H and O–H groups in total. The predicted molar refractivity (Wildman–Crippen MR) is 64.0 cm³/mol. The molecule has 0 saturated heterocycles. The van der Waals surface area contributed by atoms with Gasteiger partial charge in [0.1, 0.15) is 5.82 Å². The second kappa shape index (κ2) is 5.13. The molecule has 0 radical (unpaired) electrons. The number of hydrogen-bond donors (Lipinski definition) is 2. The molecule has 1 atom stereocenters. The molecule has 1 aromatic carbocycles. The zero-order valence-electron chi connectivity index (χ0n) is 9.50. The normalized spacial score (nSPS) is 15.2. The first kappa shape index (κ1) is 13.4. The molecule has 0 heterocycles. The van der Waals surface area contributed by atoms with Crippen molar-refractivity contribution in [3.63, 3.8) is 0 Å². The standard InChI is InChI=1S/C12H17ClFNO/c1-8(2)12(16,7-15)6-9-5-10(14)3-4-11(9)13/h3-5,8,16H,6-7,15H2,1-2H3. The quantitative estimate of drug-likeness (QED) is 0.856. The Morgan fingerprint density at radius 2 is 2.12 bits per heavy atom. The lowest BCUT2D eigenvalue weighted by atomic mass is 9.84. The molecule has 0 amide bonds. The van der Waals surface area contributed by atoms with Gasteiger partial charge < -0.3 is 10.8 Å². The van der Waals surface area contributed by atoms with Crippen molar-refractivity contribution in [2.75, 3.05) is 6.54 Å². The van der Waals surface area contributed by atoms with Crippen LogP contribution in [0.15, 0.2) is 18.2 Å². The van der Waals surface area contributed by atoms with Crippen molar-refractivity contribution in [3.05, 3.63) is 34.6 Å². The summed E-state index contributed by atoms with van der Waals surface area (Å²) in [6, 6.07) is 4.12. The molecule has 1 rings (SSSR count).